The fraction of sp³-hybridized carbons (Fsp3) is 0.455. The predicted octanol–water partition coefficient (Wildman–Crippen LogP) is 15.1. The van der Waals surface area contributed by atoms with Crippen molar-refractivity contribution >= 4 is 0 Å². The third kappa shape index (κ3) is 9.02. The van der Waals surface area contributed by atoms with E-state index in [9.17, 15) is 17.6 Å². The van der Waals surface area contributed by atoms with Crippen LogP contribution in [0.1, 0.15) is 125 Å². The molecule has 0 heterocycles. The van der Waals surface area contributed by atoms with Crippen LogP contribution in [0.2, 0.25) is 0 Å². The first-order chi connectivity index (χ1) is 30.5. The maximum absolute atomic E-state index is 16.6. The lowest BCUT2D eigenvalue weighted by molar-refractivity contribution is 0.0676. The zero-order valence-corrected chi connectivity index (χ0v) is 34.6. The van der Waals surface area contributed by atoms with E-state index >= 15 is 70.2 Å². The van der Waals surface area contributed by atoms with E-state index in [0.29, 0.717) is 19.3 Å². The highest BCUT2D eigenvalue weighted by Crippen LogP contribution is 2.62. The summed E-state index contributed by atoms with van der Waals surface area (Å²) in [5.41, 5.74) is -22.6. The summed E-state index contributed by atoms with van der Waals surface area (Å²) >= 11 is 0. The average molecular weight is 962 g/mol. The van der Waals surface area contributed by atoms with Gasteiger partial charge in [0.1, 0.15) is 0 Å². The Bertz CT molecular complexity index is 2140. The lowest BCUT2D eigenvalue weighted by Crippen LogP contribution is -2.62. The van der Waals surface area contributed by atoms with Gasteiger partial charge in [0.25, 0.3) is 0 Å². The van der Waals surface area contributed by atoms with Crippen molar-refractivity contribution in [2.75, 3.05) is 14.1 Å². The summed E-state index contributed by atoms with van der Waals surface area (Å²) in [4.78, 5) is -0.455. The second-order valence-electron chi connectivity index (χ2n) is 15.6. The quantitative estimate of drug-likeness (QED) is 0.0348. The summed E-state index contributed by atoms with van der Waals surface area (Å²) in [6, 6.07) is 0. The van der Waals surface area contributed by atoms with E-state index in [1.807, 2.05) is 0 Å². The van der Waals surface area contributed by atoms with Gasteiger partial charge in [-0.3, -0.25) is 4.90 Å². The maximum atomic E-state index is 16.6. The Hall–Kier alpha value is -4.56. The van der Waals surface area contributed by atoms with Gasteiger partial charge in [0.2, 0.25) is 23.3 Å². The lowest BCUT2D eigenvalue weighted by atomic mass is 9.52. The molecule has 0 aliphatic heterocycles. The van der Waals surface area contributed by atoms with E-state index in [-0.39, 0.29) is 26.9 Å². The zero-order chi connectivity index (χ0) is 49.0. The van der Waals surface area contributed by atoms with Gasteiger partial charge in [0.15, 0.2) is 93.1 Å². The molecule has 0 saturated carbocycles. The van der Waals surface area contributed by atoms with E-state index in [0.717, 1.165) is 44.9 Å². The molecule has 0 fully saturated rings. The number of rotatable bonds is 21. The predicted molar refractivity (Wildman–Crippen MR) is 195 cm³/mol. The molecule has 360 valence electrons. The molecule has 0 aromatic heterocycles. The van der Waals surface area contributed by atoms with Crippen molar-refractivity contribution in [3.05, 3.63) is 139 Å². The van der Waals surface area contributed by atoms with Crippen molar-refractivity contribution in [3.8, 4) is 0 Å². The van der Waals surface area contributed by atoms with Gasteiger partial charge >= 0.3 is 0 Å². The summed E-state index contributed by atoms with van der Waals surface area (Å²) in [6.07, 6.45) is 4.77. The van der Waals surface area contributed by atoms with Gasteiger partial charge in [-0.15, -0.1) is 0 Å². The second-order valence-corrected chi connectivity index (χ2v) is 15.6. The monoisotopic (exact) mass is 961 g/mol. The zero-order valence-electron chi connectivity index (χ0n) is 34.6. The van der Waals surface area contributed by atoms with Crippen LogP contribution in [0.3, 0.4) is 0 Å². The first-order valence-corrected chi connectivity index (χ1v) is 20.2. The largest absolute Gasteiger partial charge is 0.295 e. The topological polar surface area (TPSA) is 3.24 Å². The van der Waals surface area contributed by atoms with Gasteiger partial charge in [-0.05, 0) is 20.5 Å². The first kappa shape index (κ1) is 53.1. The van der Waals surface area contributed by atoms with Crippen molar-refractivity contribution in [3.63, 3.8) is 0 Å². The van der Waals surface area contributed by atoms with Crippen molar-refractivity contribution in [2.45, 2.75) is 114 Å². The van der Waals surface area contributed by atoms with Gasteiger partial charge in [0, 0.05) is 11.1 Å². The molecule has 21 heteroatoms. The minimum absolute atomic E-state index is 0.105. The van der Waals surface area contributed by atoms with E-state index < -0.39 is 174 Å². The Balaban J connectivity index is 2.25. The molecule has 4 aromatic carbocycles. The summed E-state index contributed by atoms with van der Waals surface area (Å²) in [6.45, 7) is 2.05. The third-order valence-corrected chi connectivity index (χ3v) is 11.6. The van der Waals surface area contributed by atoms with Crippen LogP contribution in [-0.2, 0) is 11.0 Å². The number of unbranched alkanes of at least 4 members (excludes halogenated alkanes) is 13. The van der Waals surface area contributed by atoms with Crippen LogP contribution in [0.5, 0.6) is 0 Å². The summed E-state index contributed by atoms with van der Waals surface area (Å²) < 4.78 is 315. The van der Waals surface area contributed by atoms with Crippen LogP contribution in [0.15, 0.2) is 0 Å². The summed E-state index contributed by atoms with van der Waals surface area (Å²) in [5, 5.41) is 0. The molecule has 0 saturated heterocycles. The number of hydrogen-bond donors (Lipinski definition) is 0. The molecular formula is C44H39F20N. The van der Waals surface area contributed by atoms with Crippen LogP contribution >= 0.6 is 0 Å². The highest BCUT2D eigenvalue weighted by Gasteiger charge is 2.67. The Morgan fingerprint density at radius 1 is 0.262 bits per heavy atom. The standard InChI is InChI=1S/C44H39F20N/c1-4-5-6-7-8-9-10-11-12-13-14-15-16-17-18-43(19-23(45)31(53)39(61)32(54)24(19)46,20-25(47)33(55)40(62)34(56)26(20)48)44(65(2)3,21-27(49)35(57)41(63)36(58)28(21)50)22-29(51)37(59)42(64)38(60)30(22)52/h4-18H2,1-3H3. The molecule has 0 spiro atoms. The van der Waals surface area contributed by atoms with Crippen molar-refractivity contribution in [2.24, 2.45) is 0 Å². The highest BCUT2D eigenvalue weighted by atomic mass is 19.2. The smallest absolute Gasteiger partial charge is 0.200 e. The van der Waals surface area contributed by atoms with E-state index in [4.69, 9.17) is 0 Å². The molecule has 65 heavy (non-hydrogen) atoms. The Morgan fingerprint density at radius 2 is 0.446 bits per heavy atom. The first-order valence-electron chi connectivity index (χ1n) is 20.2. The Labute approximate surface area is 359 Å². The van der Waals surface area contributed by atoms with Crippen LogP contribution in [0.25, 0.3) is 0 Å². The lowest BCUT2D eigenvalue weighted by Gasteiger charge is -2.55. The molecule has 4 rings (SSSR count). The van der Waals surface area contributed by atoms with Gasteiger partial charge in [-0.1, -0.05) is 96.8 Å². The minimum atomic E-state index is -5.26. The molecule has 1 nitrogen and oxygen atoms in total. The van der Waals surface area contributed by atoms with Gasteiger partial charge in [-0.25, -0.2) is 87.8 Å². The van der Waals surface area contributed by atoms with Crippen molar-refractivity contribution in [1.82, 2.24) is 4.90 Å². The minimum Gasteiger partial charge on any atom is -0.295 e. The number of likely N-dealkylation sites (N-methyl/N-ethyl adjacent to an activating group) is 1. The number of nitrogens with zero attached hydrogens (tertiary/aromatic N) is 1. The van der Waals surface area contributed by atoms with E-state index in [1.165, 1.54) is 0 Å². The van der Waals surface area contributed by atoms with Crippen LogP contribution < -0.4 is 0 Å². The number of halogens is 20. The Kier molecular flexibility index (Phi) is 17.5. The SMILES string of the molecule is CCCCCCCCCCCCCCCCC(c1c(F)c(F)c(F)c(F)c1F)(c1c(F)c(F)c(F)c(F)c1F)C(c1c(F)c(F)c(F)c(F)c1F)(c1c(F)c(F)c(F)c(F)c1F)N(C)C. The molecule has 0 unspecified atom stereocenters. The van der Waals surface area contributed by atoms with Crippen molar-refractivity contribution in [1.29, 1.82) is 0 Å². The number of benzene rings is 4. The second kappa shape index (κ2) is 21.4. The van der Waals surface area contributed by atoms with Gasteiger partial charge < -0.3 is 0 Å². The molecule has 4 aromatic rings. The normalized spacial score (nSPS) is 12.4. The Morgan fingerprint density at radius 3 is 0.662 bits per heavy atom. The van der Waals surface area contributed by atoms with E-state index in [2.05, 4.69) is 6.92 Å². The van der Waals surface area contributed by atoms with Crippen LogP contribution in [0, 0.1) is 116 Å². The molecular weight excluding hydrogens is 922 g/mol. The fourth-order valence-corrected chi connectivity index (χ4v) is 8.69. The molecule has 0 amide bonds. The van der Waals surface area contributed by atoms with Crippen LogP contribution in [-0.4, -0.2) is 19.0 Å². The molecule has 0 N–H and O–H groups in total. The van der Waals surface area contributed by atoms with Gasteiger partial charge in [-0.2, -0.15) is 0 Å². The summed E-state index contributed by atoms with van der Waals surface area (Å²) in [7, 11) is 0.211. The van der Waals surface area contributed by atoms with Gasteiger partial charge in [0.05, 0.1) is 22.1 Å². The molecule has 0 radical (unpaired) electrons. The van der Waals surface area contributed by atoms with Crippen LogP contribution in [0.4, 0.5) is 87.8 Å². The summed E-state index contributed by atoms with van der Waals surface area (Å²) in [5.74, 6) is -66.2. The molecule has 0 bridgehead atoms. The molecule has 0 aliphatic carbocycles. The fourth-order valence-electron chi connectivity index (χ4n) is 8.69. The average Bonchev–Trinajstić information content (AvgIpc) is 3.27. The molecule has 0 atom stereocenters. The molecule has 0 aliphatic rings. The third-order valence-electron chi connectivity index (χ3n) is 11.6. The number of hydrogen-bond acceptors (Lipinski definition) is 1. The maximum Gasteiger partial charge on any atom is 0.200 e. The van der Waals surface area contributed by atoms with Crippen molar-refractivity contribution < 1.29 is 87.8 Å². The highest BCUT2D eigenvalue weighted by molar-refractivity contribution is 5.58. The van der Waals surface area contributed by atoms with E-state index in [1.54, 1.807) is 0 Å².